The molecular weight excluding hydrogens is 1140 g/mol. The van der Waals surface area contributed by atoms with Crippen molar-refractivity contribution < 1.29 is 19.2 Å². The van der Waals surface area contributed by atoms with Crippen LogP contribution in [0, 0.1) is 0 Å². The smallest absolute Gasteiger partial charge is 0.319 e. The number of carbonyl (C=O) groups excluding carboxylic acids is 4. The fourth-order valence-corrected chi connectivity index (χ4v) is 12.9. The summed E-state index contributed by atoms with van der Waals surface area (Å²) in [7, 11) is 0. The molecule has 4 unspecified atom stereocenters. The molecule has 3 aromatic heterocycles. The highest BCUT2D eigenvalue weighted by atomic mass is 16.2. The average Bonchev–Trinajstić information content (AvgIpc) is 1.62. The lowest BCUT2D eigenvalue weighted by atomic mass is 9.93. The maximum Gasteiger partial charge on any atom is 0.319 e. The van der Waals surface area contributed by atoms with Crippen LogP contribution in [0.15, 0.2) is 243 Å². The molecule has 0 radical (unpaired) electrons. The number of aromatic amines is 2. The van der Waals surface area contributed by atoms with Crippen LogP contribution in [-0.2, 0) is 0 Å². The lowest BCUT2D eigenvalue weighted by Crippen LogP contribution is -2.43. The van der Waals surface area contributed by atoms with Gasteiger partial charge in [0.15, 0.2) is 0 Å². The van der Waals surface area contributed by atoms with E-state index in [1.165, 1.54) is 0 Å². The summed E-state index contributed by atoms with van der Waals surface area (Å²) in [5.74, 6) is 0. The second-order valence-corrected chi connectivity index (χ2v) is 22.6. The van der Waals surface area contributed by atoms with E-state index in [0.717, 1.165) is 22.3 Å². The number of nitrogens with one attached hydrogen (secondary N) is 10. The van der Waals surface area contributed by atoms with Crippen LogP contribution in [0.5, 0.6) is 0 Å². The number of aromatic nitrogens is 4. The zero-order valence-electron chi connectivity index (χ0n) is 49.2. The van der Waals surface area contributed by atoms with Gasteiger partial charge in [-0.05, 0) is 95.1 Å². The Labute approximate surface area is 528 Å². The number of carbonyl (C=O) groups is 4. The van der Waals surface area contributed by atoms with E-state index in [9.17, 15) is 0 Å². The van der Waals surface area contributed by atoms with Gasteiger partial charge in [0.1, 0.15) is 0 Å². The van der Waals surface area contributed by atoms with Crippen molar-refractivity contribution in [2.24, 2.45) is 0 Å². The van der Waals surface area contributed by atoms with E-state index in [-0.39, 0.29) is 0 Å². The van der Waals surface area contributed by atoms with Crippen molar-refractivity contribution >= 4 is 93.2 Å². The van der Waals surface area contributed by atoms with E-state index in [4.69, 9.17) is 9.97 Å². The number of benzene rings is 8. The van der Waals surface area contributed by atoms with E-state index in [1.807, 2.05) is 267 Å². The van der Waals surface area contributed by atoms with Crippen molar-refractivity contribution in [3.63, 3.8) is 0 Å². The minimum atomic E-state index is -0.785. The number of urea groups is 4. The van der Waals surface area contributed by atoms with Gasteiger partial charge in [-0.15, -0.1) is 0 Å². The van der Waals surface area contributed by atoms with Gasteiger partial charge in [-0.25, -0.2) is 29.1 Å². The third-order valence-electron chi connectivity index (χ3n) is 17.0. The molecule has 11 aromatic rings. The number of rotatable bonds is 4. The molecular formula is C76H58N12O4. The van der Waals surface area contributed by atoms with E-state index in [0.29, 0.717) is 112 Å². The maximum absolute atomic E-state index is 15.0. The van der Waals surface area contributed by atoms with Gasteiger partial charge in [-0.1, -0.05) is 194 Å². The molecule has 8 aromatic carbocycles. The van der Waals surface area contributed by atoms with Crippen LogP contribution in [0.2, 0.25) is 0 Å². The highest BCUT2D eigenvalue weighted by molar-refractivity contribution is 6.07. The molecule has 7 heterocycles. The third kappa shape index (κ3) is 10.9. The predicted octanol–water partition coefficient (Wildman–Crippen LogP) is 16.8. The van der Waals surface area contributed by atoms with Gasteiger partial charge in [0.05, 0.1) is 69.7 Å². The zero-order valence-corrected chi connectivity index (χ0v) is 49.2. The van der Waals surface area contributed by atoms with Crippen molar-refractivity contribution in [3.8, 4) is 44.5 Å². The van der Waals surface area contributed by atoms with E-state index < -0.39 is 48.3 Å². The normalized spacial score (nSPS) is 17.0. The summed E-state index contributed by atoms with van der Waals surface area (Å²) in [6, 6.07) is 71.4. The fourth-order valence-electron chi connectivity index (χ4n) is 12.9. The molecule has 446 valence electrons. The molecule has 0 fully saturated rings. The van der Waals surface area contributed by atoms with Crippen LogP contribution in [0.4, 0.5) is 41.9 Å². The first-order valence-corrected chi connectivity index (χ1v) is 30.3. The Morgan fingerprint density at radius 1 is 0.239 bits per heavy atom. The minimum Gasteiger partial charge on any atom is -0.354 e. The van der Waals surface area contributed by atoms with Gasteiger partial charge in [-0.3, -0.25) is 0 Å². The SMILES string of the molecule is O=C1Nc2ccccc2-c2c3nc(c(c4ccc([nH]4)c4c5nc(c(c6ccc2[nH]6)-c2ccccc2NC(=O)NC(c2ccccc2)C(c2ccccc2)NC(=O)Nc2ccccc2-4)C=C5)-c2ccccc2NC(=O)NC(c2ccccc2)C(c2ccccc2)N1)C=C3. The fraction of sp³-hybridized carbons (Fsp3) is 0.0526. The quantitative estimate of drug-likeness (QED) is 0.0825. The van der Waals surface area contributed by atoms with Crippen molar-refractivity contribution in [1.29, 1.82) is 0 Å². The first kappa shape index (κ1) is 56.0. The summed E-state index contributed by atoms with van der Waals surface area (Å²) in [6.07, 6.45) is 7.83. The van der Waals surface area contributed by atoms with Gasteiger partial charge >= 0.3 is 24.1 Å². The van der Waals surface area contributed by atoms with E-state index in [2.05, 4.69) is 52.5 Å². The minimum absolute atomic E-state index is 0.478. The molecule has 0 saturated heterocycles. The van der Waals surface area contributed by atoms with Crippen molar-refractivity contribution in [2.45, 2.75) is 24.2 Å². The van der Waals surface area contributed by atoms with Gasteiger partial charge in [-0.2, -0.15) is 0 Å². The molecule has 4 atom stereocenters. The van der Waals surface area contributed by atoms with Crippen molar-refractivity contribution in [1.82, 2.24) is 41.2 Å². The predicted molar refractivity (Wildman–Crippen MR) is 366 cm³/mol. The maximum atomic E-state index is 15.0. The van der Waals surface area contributed by atoms with Crippen LogP contribution in [-0.4, -0.2) is 44.1 Å². The highest BCUT2D eigenvalue weighted by Gasteiger charge is 2.32. The zero-order chi connectivity index (χ0) is 62.1. The highest BCUT2D eigenvalue weighted by Crippen LogP contribution is 2.44. The lowest BCUT2D eigenvalue weighted by molar-refractivity contribution is 0.236. The van der Waals surface area contributed by atoms with Gasteiger partial charge in [0.25, 0.3) is 0 Å². The molecule has 0 saturated carbocycles. The Bertz CT molecular complexity index is 4340. The summed E-state index contributed by atoms with van der Waals surface area (Å²) in [6.45, 7) is 0. The largest absolute Gasteiger partial charge is 0.354 e. The second kappa shape index (κ2) is 24.2. The molecule has 4 aliphatic rings. The van der Waals surface area contributed by atoms with Crippen LogP contribution in [0.1, 0.15) is 69.2 Å². The number of amides is 8. The Kier molecular flexibility index (Phi) is 14.7. The molecule has 92 heavy (non-hydrogen) atoms. The molecule has 16 nitrogen and oxygen atoms in total. The monoisotopic (exact) mass is 1200 g/mol. The number of fused-ring (bicyclic) bond motifs is 16. The Hall–Kier alpha value is -12.6. The molecule has 16 heteroatoms. The summed E-state index contributed by atoms with van der Waals surface area (Å²) in [5.41, 5.74) is 14.9. The van der Waals surface area contributed by atoms with Gasteiger partial charge < -0.3 is 52.5 Å². The molecule has 12 bridgehead atoms. The molecule has 0 aliphatic carbocycles. The first-order valence-electron chi connectivity index (χ1n) is 30.3. The standard InChI is InChI=1S/C76H58N12O4/c89-73-81-53-33-17-13-29-49(53)65-57-37-38-58(77-57)66(50-30-14-18-34-54(50)82-74(90)86-70(46-23-7-2-8-24-46)69(85-73)45-21-5-1-6-22-45)62-43-44-64(80-62)68-52-32-16-20-36-56(52)84-76(92)88-72(48-27-11-4-12-28-48)71(47-25-9-3-10-26-47)87-75(91)83-55-35-19-15-31-51(55)67(59-39-40-60(68)78-59)63-42-41-61(65)79-63/h1-44,69-72,79-80H,(H2,81,85,89)(H2,82,86,90)(H2,83,87,91)(H2,84,88,92). The average molecular weight is 1200 g/mol. The summed E-state index contributed by atoms with van der Waals surface area (Å²) < 4.78 is 0. The second-order valence-electron chi connectivity index (χ2n) is 22.6. The summed E-state index contributed by atoms with van der Waals surface area (Å²) in [5, 5.41) is 26.0. The van der Waals surface area contributed by atoms with Crippen LogP contribution in [0.3, 0.4) is 0 Å². The topological polar surface area (TPSA) is 222 Å². The van der Waals surface area contributed by atoms with Crippen LogP contribution < -0.4 is 42.5 Å². The molecule has 8 amide bonds. The van der Waals surface area contributed by atoms with Crippen LogP contribution >= 0.6 is 0 Å². The molecule has 4 aliphatic heterocycles. The Morgan fingerprint density at radius 3 is 0.674 bits per heavy atom. The number of H-pyrrole nitrogens is 2. The Morgan fingerprint density at radius 2 is 0.446 bits per heavy atom. The van der Waals surface area contributed by atoms with E-state index >= 15 is 19.2 Å². The first-order chi connectivity index (χ1) is 45.2. The number of anilines is 4. The van der Waals surface area contributed by atoms with Gasteiger partial charge in [0.2, 0.25) is 0 Å². The Balaban J connectivity index is 1.03. The number of hydrogen-bond donors (Lipinski definition) is 10. The number of nitrogens with zero attached hydrogens (tertiary/aromatic N) is 2. The third-order valence-corrected chi connectivity index (χ3v) is 17.0. The van der Waals surface area contributed by atoms with Crippen molar-refractivity contribution in [3.05, 3.63) is 288 Å². The number of hydrogen-bond acceptors (Lipinski definition) is 6. The number of para-hydroxylation sites is 4. The lowest BCUT2D eigenvalue weighted by Gasteiger charge is -2.30. The van der Waals surface area contributed by atoms with E-state index in [1.54, 1.807) is 0 Å². The summed E-state index contributed by atoms with van der Waals surface area (Å²) >= 11 is 0. The van der Waals surface area contributed by atoms with Gasteiger partial charge in [0, 0.05) is 66.6 Å². The van der Waals surface area contributed by atoms with Crippen LogP contribution in [0.25, 0.3) is 90.9 Å². The molecule has 0 spiro atoms. The molecule has 10 N–H and O–H groups in total. The summed E-state index contributed by atoms with van der Waals surface area (Å²) in [4.78, 5) is 78.8. The molecule has 15 rings (SSSR count). The van der Waals surface area contributed by atoms with Crippen molar-refractivity contribution in [2.75, 3.05) is 21.3 Å².